The van der Waals surface area contributed by atoms with Crippen molar-refractivity contribution >= 4 is 17.0 Å². The van der Waals surface area contributed by atoms with Crippen LogP contribution in [0.25, 0.3) is 11.0 Å². The monoisotopic (exact) mass is 202 g/mol. The number of hydrogen-bond donors (Lipinski definition) is 1. The topological polar surface area (TPSA) is 53.4 Å². The number of nitrogens with zero attached hydrogens (tertiary/aromatic N) is 3. The maximum absolute atomic E-state index is 4.31. The largest absolute Gasteiger partial charge is 0.321 e. The Labute approximate surface area is 88.4 Å². The van der Waals surface area contributed by atoms with Crippen molar-refractivity contribution in [2.75, 3.05) is 0 Å². The van der Waals surface area contributed by atoms with E-state index in [1.165, 1.54) is 5.56 Å². The predicted molar refractivity (Wildman–Crippen MR) is 60.5 cm³/mol. The summed E-state index contributed by atoms with van der Waals surface area (Å²) in [4.78, 5) is 7.43. The lowest BCUT2D eigenvalue weighted by molar-refractivity contribution is 0.773. The van der Waals surface area contributed by atoms with E-state index in [9.17, 15) is 0 Å². The van der Waals surface area contributed by atoms with E-state index in [4.69, 9.17) is 0 Å². The van der Waals surface area contributed by atoms with Gasteiger partial charge in [0.25, 0.3) is 0 Å². The molecule has 4 heteroatoms. The van der Waals surface area contributed by atoms with Gasteiger partial charge in [0.2, 0.25) is 5.95 Å². The van der Waals surface area contributed by atoms with Crippen molar-refractivity contribution in [1.82, 2.24) is 9.97 Å². The zero-order valence-corrected chi connectivity index (χ0v) is 9.15. The lowest BCUT2D eigenvalue weighted by atomic mass is 10.2. The standard InChI is InChI=1S/C11H14N4/c1-7(2)14-15-11-12-9-5-4-8(3)6-10(9)13-11/h4-7H,1-3H3,(H,12,13). The molecular weight excluding hydrogens is 188 g/mol. The fourth-order valence-electron chi connectivity index (χ4n) is 1.33. The Morgan fingerprint density at radius 1 is 1.33 bits per heavy atom. The van der Waals surface area contributed by atoms with E-state index in [0.29, 0.717) is 5.95 Å². The maximum atomic E-state index is 4.31. The minimum atomic E-state index is 0.194. The average molecular weight is 202 g/mol. The van der Waals surface area contributed by atoms with E-state index < -0.39 is 0 Å². The van der Waals surface area contributed by atoms with Gasteiger partial charge in [0, 0.05) is 0 Å². The summed E-state index contributed by atoms with van der Waals surface area (Å²) in [6.45, 7) is 6.02. The molecule has 0 saturated heterocycles. The Hall–Kier alpha value is -1.71. The van der Waals surface area contributed by atoms with Gasteiger partial charge in [-0.05, 0) is 38.5 Å². The van der Waals surface area contributed by atoms with Crippen molar-refractivity contribution in [3.05, 3.63) is 23.8 Å². The molecule has 0 saturated carbocycles. The normalized spacial score (nSPS) is 12.0. The number of hydrogen-bond acceptors (Lipinski definition) is 3. The molecule has 1 N–H and O–H groups in total. The van der Waals surface area contributed by atoms with Gasteiger partial charge in [-0.3, -0.25) is 0 Å². The van der Waals surface area contributed by atoms with Gasteiger partial charge in [-0.2, -0.15) is 5.11 Å². The summed E-state index contributed by atoms with van der Waals surface area (Å²) in [5.41, 5.74) is 3.14. The first kappa shape index (κ1) is 9.83. The van der Waals surface area contributed by atoms with Crippen LogP contribution in [-0.4, -0.2) is 16.0 Å². The van der Waals surface area contributed by atoms with Crippen LogP contribution in [0, 0.1) is 6.92 Å². The fourth-order valence-corrected chi connectivity index (χ4v) is 1.33. The molecule has 4 nitrogen and oxygen atoms in total. The highest BCUT2D eigenvalue weighted by atomic mass is 15.2. The highest BCUT2D eigenvalue weighted by molar-refractivity contribution is 5.77. The summed E-state index contributed by atoms with van der Waals surface area (Å²) in [5, 5.41) is 8.07. The first-order chi connectivity index (χ1) is 7.15. The Kier molecular flexibility index (Phi) is 2.49. The van der Waals surface area contributed by atoms with Gasteiger partial charge in [0.1, 0.15) is 0 Å². The molecule has 0 aliphatic rings. The molecule has 0 unspecified atom stereocenters. The number of nitrogens with one attached hydrogen (secondary N) is 1. The Morgan fingerprint density at radius 3 is 2.87 bits per heavy atom. The molecule has 0 atom stereocenters. The van der Waals surface area contributed by atoms with Gasteiger partial charge in [0.05, 0.1) is 17.1 Å². The summed E-state index contributed by atoms with van der Waals surface area (Å²) in [6, 6.07) is 6.26. The summed E-state index contributed by atoms with van der Waals surface area (Å²) < 4.78 is 0. The molecule has 0 spiro atoms. The van der Waals surface area contributed by atoms with Gasteiger partial charge in [-0.1, -0.05) is 6.07 Å². The smallest absolute Gasteiger partial charge is 0.247 e. The van der Waals surface area contributed by atoms with Crippen LogP contribution >= 0.6 is 0 Å². The third kappa shape index (κ3) is 2.21. The van der Waals surface area contributed by atoms with Crippen LogP contribution < -0.4 is 0 Å². The Bertz CT molecular complexity index is 496. The number of fused-ring (bicyclic) bond motifs is 1. The molecule has 0 bridgehead atoms. The van der Waals surface area contributed by atoms with Crippen molar-refractivity contribution in [1.29, 1.82) is 0 Å². The molecule has 2 aromatic rings. The molecule has 0 amide bonds. The van der Waals surface area contributed by atoms with Gasteiger partial charge in [-0.15, -0.1) is 5.11 Å². The SMILES string of the molecule is Cc1ccc2nc(N=NC(C)C)[nH]c2c1. The zero-order valence-electron chi connectivity index (χ0n) is 9.15. The van der Waals surface area contributed by atoms with E-state index in [1.54, 1.807) is 0 Å². The molecule has 78 valence electrons. The van der Waals surface area contributed by atoms with Crippen LogP contribution in [-0.2, 0) is 0 Å². The molecule has 0 fully saturated rings. The molecule has 0 radical (unpaired) electrons. The molecule has 0 aliphatic heterocycles. The van der Waals surface area contributed by atoms with Crippen molar-refractivity contribution < 1.29 is 0 Å². The van der Waals surface area contributed by atoms with Gasteiger partial charge >= 0.3 is 0 Å². The maximum Gasteiger partial charge on any atom is 0.247 e. The number of aromatic nitrogens is 2. The number of benzene rings is 1. The summed E-state index contributed by atoms with van der Waals surface area (Å²) in [6.07, 6.45) is 0. The number of aryl methyl sites for hydroxylation is 1. The highest BCUT2D eigenvalue weighted by Crippen LogP contribution is 2.17. The summed E-state index contributed by atoms with van der Waals surface area (Å²) in [7, 11) is 0. The molecular formula is C11H14N4. The van der Waals surface area contributed by atoms with E-state index in [-0.39, 0.29) is 6.04 Å². The van der Waals surface area contributed by atoms with Crippen LogP contribution in [0.2, 0.25) is 0 Å². The van der Waals surface area contributed by atoms with E-state index >= 15 is 0 Å². The minimum Gasteiger partial charge on any atom is -0.321 e. The molecule has 1 heterocycles. The van der Waals surface area contributed by atoms with Crippen LogP contribution in [0.4, 0.5) is 5.95 Å². The van der Waals surface area contributed by atoms with Crippen molar-refractivity contribution in [3.8, 4) is 0 Å². The second-order valence-electron chi connectivity index (χ2n) is 3.89. The van der Waals surface area contributed by atoms with Crippen molar-refractivity contribution in [3.63, 3.8) is 0 Å². The van der Waals surface area contributed by atoms with E-state index in [0.717, 1.165) is 11.0 Å². The second kappa shape index (κ2) is 3.81. The van der Waals surface area contributed by atoms with Crippen LogP contribution in [0.1, 0.15) is 19.4 Å². The van der Waals surface area contributed by atoms with Crippen LogP contribution in [0.3, 0.4) is 0 Å². The zero-order chi connectivity index (χ0) is 10.8. The van der Waals surface area contributed by atoms with Crippen molar-refractivity contribution in [2.45, 2.75) is 26.8 Å². The third-order valence-electron chi connectivity index (χ3n) is 2.01. The first-order valence-corrected chi connectivity index (χ1v) is 5.02. The first-order valence-electron chi connectivity index (χ1n) is 5.02. The average Bonchev–Trinajstić information content (AvgIpc) is 2.56. The van der Waals surface area contributed by atoms with Gasteiger partial charge in [-0.25, -0.2) is 4.98 Å². The summed E-state index contributed by atoms with van der Waals surface area (Å²) in [5.74, 6) is 0.573. The molecule has 0 aliphatic carbocycles. The molecule has 1 aromatic carbocycles. The van der Waals surface area contributed by atoms with Crippen LogP contribution in [0.15, 0.2) is 28.4 Å². The number of aromatic amines is 1. The van der Waals surface area contributed by atoms with E-state index in [1.807, 2.05) is 26.0 Å². The second-order valence-corrected chi connectivity index (χ2v) is 3.89. The minimum absolute atomic E-state index is 0.194. The Balaban J connectivity index is 2.39. The van der Waals surface area contributed by atoms with Gasteiger partial charge < -0.3 is 4.98 Å². The van der Waals surface area contributed by atoms with E-state index in [2.05, 4.69) is 33.2 Å². The lowest BCUT2D eigenvalue weighted by Gasteiger charge is -1.89. The third-order valence-corrected chi connectivity index (χ3v) is 2.01. The lowest BCUT2D eigenvalue weighted by Crippen LogP contribution is -1.84. The number of azo groups is 1. The molecule has 15 heavy (non-hydrogen) atoms. The Morgan fingerprint density at radius 2 is 2.13 bits per heavy atom. The van der Waals surface area contributed by atoms with Crippen LogP contribution in [0.5, 0.6) is 0 Å². The number of H-pyrrole nitrogens is 1. The summed E-state index contributed by atoms with van der Waals surface area (Å²) >= 11 is 0. The van der Waals surface area contributed by atoms with Crippen molar-refractivity contribution in [2.24, 2.45) is 10.2 Å². The molecule has 2 rings (SSSR count). The number of rotatable bonds is 2. The molecule has 1 aromatic heterocycles. The number of imidazole rings is 1. The quantitative estimate of drug-likeness (QED) is 0.746. The van der Waals surface area contributed by atoms with Gasteiger partial charge in [0.15, 0.2) is 0 Å². The highest BCUT2D eigenvalue weighted by Gasteiger charge is 2.01. The fraction of sp³-hybridized carbons (Fsp3) is 0.364. The predicted octanol–water partition coefficient (Wildman–Crippen LogP) is 3.36.